The number of nitrogens with zero attached hydrogens (tertiary/aromatic N) is 8. The fraction of sp³-hybridized carbons (Fsp3) is 0.500. The Morgan fingerprint density at radius 1 is 1.14 bits per heavy atom. The number of amides is 1. The molecule has 3 aliphatic rings. The third-order valence-electron chi connectivity index (χ3n) is 8.65. The number of carbonyl (C=O) groups is 1. The summed E-state index contributed by atoms with van der Waals surface area (Å²) >= 11 is 0. The number of hydrogen-bond acceptors (Lipinski definition) is 9. The molecule has 0 radical (unpaired) electrons. The summed E-state index contributed by atoms with van der Waals surface area (Å²) in [5, 5.41) is 8.78. The van der Waals surface area contributed by atoms with Crippen molar-refractivity contribution < 1.29 is 14.3 Å². The maximum atomic E-state index is 13.2. The van der Waals surface area contributed by atoms with Crippen LogP contribution in [0.15, 0.2) is 59.8 Å². The first-order valence-corrected chi connectivity index (χ1v) is 15.4. The van der Waals surface area contributed by atoms with Gasteiger partial charge in [-0.15, -0.1) is 5.10 Å². The minimum absolute atomic E-state index is 0.0931. The fourth-order valence-corrected chi connectivity index (χ4v) is 6.03. The van der Waals surface area contributed by atoms with E-state index < -0.39 is 11.1 Å². The fourth-order valence-electron chi connectivity index (χ4n) is 6.03. The molecular formula is C32H38N8O4. The first kappa shape index (κ1) is 28.5. The average Bonchev–Trinajstić information content (AvgIpc) is 3.68. The van der Waals surface area contributed by atoms with Gasteiger partial charge in [0.1, 0.15) is 22.6 Å². The van der Waals surface area contributed by atoms with E-state index in [9.17, 15) is 9.59 Å². The van der Waals surface area contributed by atoms with Crippen LogP contribution < -0.4 is 10.5 Å². The Balaban J connectivity index is 1.09. The van der Waals surface area contributed by atoms with E-state index in [1.54, 1.807) is 29.2 Å². The van der Waals surface area contributed by atoms with Crippen molar-refractivity contribution in [2.75, 3.05) is 37.7 Å². The molecule has 0 unspecified atom stereocenters. The predicted octanol–water partition coefficient (Wildman–Crippen LogP) is 3.74. The lowest BCUT2D eigenvalue weighted by Gasteiger charge is -2.42. The first-order valence-electron chi connectivity index (χ1n) is 15.4. The summed E-state index contributed by atoms with van der Waals surface area (Å²) in [6, 6.07) is 11.1. The van der Waals surface area contributed by atoms with Gasteiger partial charge in [-0.25, -0.2) is 14.5 Å². The molecular weight excluding hydrogens is 560 g/mol. The summed E-state index contributed by atoms with van der Waals surface area (Å²) in [5.74, 6) is 0.579. The van der Waals surface area contributed by atoms with Gasteiger partial charge in [-0.05, 0) is 76.6 Å². The molecule has 12 nitrogen and oxygen atoms in total. The zero-order chi connectivity index (χ0) is 30.5. The van der Waals surface area contributed by atoms with Crippen molar-refractivity contribution in [2.24, 2.45) is 5.92 Å². The van der Waals surface area contributed by atoms with Crippen LogP contribution in [0.5, 0.6) is 0 Å². The molecule has 3 fully saturated rings. The normalized spacial score (nSPS) is 19.9. The van der Waals surface area contributed by atoms with E-state index in [1.165, 1.54) is 23.3 Å². The number of ether oxygens (including phenoxy) is 2. The van der Waals surface area contributed by atoms with E-state index in [1.807, 2.05) is 44.0 Å². The monoisotopic (exact) mass is 598 g/mol. The lowest BCUT2D eigenvalue weighted by Crippen LogP contribution is -2.53. The Kier molecular flexibility index (Phi) is 7.11. The van der Waals surface area contributed by atoms with Crippen LogP contribution in [-0.2, 0) is 15.0 Å². The Bertz CT molecular complexity index is 1720. The molecule has 1 atom stereocenters. The van der Waals surface area contributed by atoms with Crippen molar-refractivity contribution in [1.82, 2.24) is 34.3 Å². The quantitative estimate of drug-likeness (QED) is 0.313. The van der Waals surface area contributed by atoms with Crippen molar-refractivity contribution >= 4 is 17.4 Å². The number of pyridine rings is 2. The average molecular weight is 599 g/mol. The molecule has 1 saturated carbocycles. The molecule has 0 N–H and O–H groups in total. The maximum Gasteiger partial charge on any atom is 0.410 e. The Morgan fingerprint density at radius 2 is 1.98 bits per heavy atom. The summed E-state index contributed by atoms with van der Waals surface area (Å²) < 4.78 is 14.7. The molecule has 7 rings (SSSR count). The molecule has 6 heterocycles. The molecule has 2 aliphatic heterocycles. The van der Waals surface area contributed by atoms with E-state index >= 15 is 0 Å². The topological polar surface area (TPSA) is 120 Å². The molecule has 44 heavy (non-hydrogen) atoms. The number of aromatic nitrogens is 6. The first-order chi connectivity index (χ1) is 21.2. The van der Waals surface area contributed by atoms with Crippen molar-refractivity contribution in [3.05, 3.63) is 71.0 Å². The molecule has 4 aromatic rings. The van der Waals surface area contributed by atoms with Crippen molar-refractivity contribution in [2.45, 2.75) is 63.6 Å². The van der Waals surface area contributed by atoms with Crippen LogP contribution >= 0.6 is 0 Å². The minimum atomic E-state index is -0.599. The Labute approximate surface area is 255 Å². The second-order valence-corrected chi connectivity index (χ2v) is 13.2. The van der Waals surface area contributed by atoms with Gasteiger partial charge in [0.05, 0.1) is 43.0 Å². The third kappa shape index (κ3) is 5.54. The lowest BCUT2D eigenvalue weighted by atomic mass is 9.92. The van der Waals surface area contributed by atoms with Gasteiger partial charge in [-0.2, -0.15) is 0 Å². The third-order valence-corrected chi connectivity index (χ3v) is 8.65. The molecule has 230 valence electrons. The number of carbonyl (C=O) groups excluding carboxylic acids is 1. The van der Waals surface area contributed by atoms with Crippen molar-refractivity contribution in [1.29, 1.82) is 0 Å². The standard InChI is InChI=1S/C32H38N8O4/c1-31(2,3)44-30(42)39(17-22-9-10-22)24-7-6-13-37(18-24)23-11-12-27(33-16-23)32(20-43-21-32)40-19-26(35-36-40)25-15-29(41)38-14-5-4-8-28(38)34-25/h4-5,8,11-12,14-16,19,22,24H,6-7,9-10,13,17-18,20-21H2,1-3H3/t24-/m1/s1. The Morgan fingerprint density at radius 3 is 2.68 bits per heavy atom. The highest BCUT2D eigenvalue weighted by Crippen LogP contribution is 2.35. The van der Waals surface area contributed by atoms with Gasteiger partial charge in [0, 0.05) is 31.9 Å². The number of hydrogen-bond donors (Lipinski definition) is 0. The van der Waals surface area contributed by atoms with E-state index in [2.05, 4.69) is 26.3 Å². The van der Waals surface area contributed by atoms with Crippen LogP contribution in [0.2, 0.25) is 0 Å². The van der Waals surface area contributed by atoms with E-state index in [0.717, 1.165) is 43.9 Å². The second kappa shape index (κ2) is 11.0. The SMILES string of the molecule is CC(C)(C)OC(=O)N(CC1CC1)[C@@H]1CCCN(c2ccc(C3(n4cc(-c5cc(=O)n6ccccc6n5)nn4)COC3)nc2)C1. The van der Waals surface area contributed by atoms with Crippen LogP contribution in [0.25, 0.3) is 17.0 Å². The Hall–Kier alpha value is -4.32. The molecule has 0 bridgehead atoms. The van der Waals surface area contributed by atoms with Gasteiger partial charge >= 0.3 is 6.09 Å². The number of rotatable bonds is 7. The van der Waals surface area contributed by atoms with Gasteiger partial charge in [-0.3, -0.25) is 14.2 Å². The zero-order valence-corrected chi connectivity index (χ0v) is 25.4. The summed E-state index contributed by atoms with van der Waals surface area (Å²) in [5.41, 5.74) is 2.06. The van der Waals surface area contributed by atoms with E-state index in [0.29, 0.717) is 36.2 Å². The van der Waals surface area contributed by atoms with Crippen molar-refractivity contribution in [3.63, 3.8) is 0 Å². The van der Waals surface area contributed by atoms with Crippen molar-refractivity contribution in [3.8, 4) is 11.4 Å². The summed E-state index contributed by atoms with van der Waals surface area (Å²) in [7, 11) is 0. The zero-order valence-electron chi connectivity index (χ0n) is 25.4. The molecule has 2 saturated heterocycles. The highest BCUT2D eigenvalue weighted by atomic mass is 16.6. The predicted molar refractivity (Wildman–Crippen MR) is 164 cm³/mol. The summed E-state index contributed by atoms with van der Waals surface area (Å²) in [4.78, 5) is 39.6. The van der Waals surface area contributed by atoms with Gasteiger partial charge in [0.25, 0.3) is 5.56 Å². The molecule has 12 heteroatoms. The highest BCUT2D eigenvalue weighted by Gasteiger charge is 2.45. The molecule has 1 aliphatic carbocycles. The van der Waals surface area contributed by atoms with Crippen LogP contribution in [0.1, 0.15) is 52.1 Å². The van der Waals surface area contributed by atoms with Gasteiger partial charge < -0.3 is 19.3 Å². The largest absolute Gasteiger partial charge is 0.444 e. The van der Waals surface area contributed by atoms with Crippen LogP contribution in [0.3, 0.4) is 0 Å². The van der Waals surface area contributed by atoms with E-state index in [4.69, 9.17) is 14.5 Å². The lowest BCUT2D eigenvalue weighted by molar-refractivity contribution is -0.0851. The molecule has 4 aromatic heterocycles. The van der Waals surface area contributed by atoms with Gasteiger partial charge in [0.15, 0.2) is 5.54 Å². The van der Waals surface area contributed by atoms with Crippen LogP contribution in [-0.4, -0.2) is 84.8 Å². The highest BCUT2D eigenvalue weighted by molar-refractivity contribution is 5.69. The smallest absolute Gasteiger partial charge is 0.410 e. The second-order valence-electron chi connectivity index (χ2n) is 13.2. The number of anilines is 1. The molecule has 0 aromatic carbocycles. The molecule has 0 spiro atoms. The van der Waals surface area contributed by atoms with Crippen LogP contribution in [0.4, 0.5) is 10.5 Å². The summed E-state index contributed by atoms with van der Waals surface area (Å²) in [6.45, 7) is 8.99. The van der Waals surface area contributed by atoms with Gasteiger partial charge in [0.2, 0.25) is 0 Å². The van der Waals surface area contributed by atoms with E-state index in [-0.39, 0.29) is 17.7 Å². The number of fused-ring (bicyclic) bond motifs is 1. The maximum absolute atomic E-state index is 13.2. The summed E-state index contributed by atoms with van der Waals surface area (Å²) in [6.07, 6.45) is 9.49. The number of piperidine rings is 1. The van der Waals surface area contributed by atoms with Gasteiger partial charge in [-0.1, -0.05) is 11.3 Å². The molecule has 1 amide bonds. The van der Waals surface area contributed by atoms with Crippen LogP contribution in [0, 0.1) is 5.92 Å². The minimum Gasteiger partial charge on any atom is -0.444 e.